The van der Waals surface area contributed by atoms with Crippen LogP contribution in [0.4, 0.5) is 5.13 Å². The third kappa shape index (κ3) is 3.88. The number of nitrogens with one attached hydrogen (secondary N) is 1. The Balaban J connectivity index is 1.54. The summed E-state index contributed by atoms with van der Waals surface area (Å²) in [5, 5.41) is 2.95. The van der Waals surface area contributed by atoms with E-state index in [9.17, 15) is 14.4 Å². The van der Waals surface area contributed by atoms with E-state index < -0.39 is 18.0 Å². The highest BCUT2D eigenvalue weighted by Crippen LogP contribution is 2.31. The normalized spacial score (nSPS) is 15.2. The number of cyclic esters (lactones) is 1. The SMILES string of the molecule is COC(=O)c1cnc(NC(=O)c2ccc3c(c2)C[C@H](c2ccccc2)OC3=O)s1. The Morgan fingerprint density at radius 3 is 2.76 bits per heavy atom. The topological polar surface area (TPSA) is 94.6 Å². The van der Waals surface area contributed by atoms with Gasteiger partial charge in [-0.1, -0.05) is 41.7 Å². The molecule has 0 unspecified atom stereocenters. The second-order valence-corrected chi connectivity index (χ2v) is 7.39. The minimum absolute atomic E-state index is 0.287. The average Bonchev–Trinajstić information content (AvgIpc) is 3.21. The monoisotopic (exact) mass is 408 g/mol. The zero-order valence-corrected chi connectivity index (χ0v) is 16.2. The number of fused-ring (bicyclic) bond motifs is 1. The van der Waals surface area contributed by atoms with E-state index in [0.29, 0.717) is 22.4 Å². The van der Waals surface area contributed by atoms with Crippen molar-refractivity contribution in [1.82, 2.24) is 4.98 Å². The van der Waals surface area contributed by atoms with Crippen molar-refractivity contribution >= 4 is 34.3 Å². The van der Waals surface area contributed by atoms with Crippen LogP contribution in [-0.4, -0.2) is 29.9 Å². The summed E-state index contributed by atoms with van der Waals surface area (Å²) in [7, 11) is 1.28. The zero-order valence-electron chi connectivity index (χ0n) is 15.4. The van der Waals surface area contributed by atoms with Gasteiger partial charge in [-0.15, -0.1) is 0 Å². The smallest absolute Gasteiger partial charge is 0.349 e. The maximum atomic E-state index is 12.6. The molecule has 7 nitrogen and oxygen atoms in total. The Morgan fingerprint density at radius 2 is 2.00 bits per heavy atom. The van der Waals surface area contributed by atoms with Crippen molar-refractivity contribution in [3.8, 4) is 0 Å². The highest BCUT2D eigenvalue weighted by atomic mass is 32.1. The Morgan fingerprint density at radius 1 is 1.21 bits per heavy atom. The molecule has 0 fully saturated rings. The molecular weight excluding hydrogens is 392 g/mol. The van der Waals surface area contributed by atoms with Crippen molar-refractivity contribution < 1.29 is 23.9 Å². The number of esters is 2. The van der Waals surface area contributed by atoms with Gasteiger partial charge >= 0.3 is 11.9 Å². The molecule has 1 amide bonds. The number of thiazole rings is 1. The molecule has 0 saturated heterocycles. The third-order valence-corrected chi connectivity index (χ3v) is 5.42. The van der Waals surface area contributed by atoms with E-state index in [0.717, 1.165) is 22.5 Å². The van der Waals surface area contributed by atoms with E-state index in [1.54, 1.807) is 18.2 Å². The van der Waals surface area contributed by atoms with E-state index in [1.807, 2.05) is 30.3 Å². The number of hydrogen-bond acceptors (Lipinski definition) is 7. The van der Waals surface area contributed by atoms with Gasteiger partial charge in [0, 0.05) is 12.0 Å². The van der Waals surface area contributed by atoms with Crippen molar-refractivity contribution in [2.24, 2.45) is 0 Å². The maximum absolute atomic E-state index is 12.6. The minimum Gasteiger partial charge on any atom is -0.465 e. The molecule has 146 valence electrons. The van der Waals surface area contributed by atoms with E-state index in [-0.39, 0.29) is 11.0 Å². The van der Waals surface area contributed by atoms with Crippen LogP contribution in [0.3, 0.4) is 0 Å². The Labute approximate surface area is 170 Å². The molecule has 1 aromatic heterocycles. The van der Waals surface area contributed by atoms with Gasteiger partial charge in [0.05, 0.1) is 18.9 Å². The number of aromatic nitrogens is 1. The van der Waals surface area contributed by atoms with Crippen LogP contribution in [0.1, 0.15) is 47.6 Å². The number of anilines is 1. The van der Waals surface area contributed by atoms with Gasteiger partial charge in [-0.05, 0) is 29.3 Å². The summed E-state index contributed by atoms with van der Waals surface area (Å²) in [5.41, 5.74) is 2.49. The molecule has 0 aliphatic carbocycles. The predicted molar refractivity (Wildman–Crippen MR) is 106 cm³/mol. The van der Waals surface area contributed by atoms with Crippen molar-refractivity contribution in [2.45, 2.75) is 12.5 Å². The van der Waals surface area contributed by atoms with Gasteiger partial charge in [0.2, 0.25) is 0 Å². The molecule has 2 aromatic carbocycles. The molecular formula is C21H16N2O5S. The quantitative estimate of drug-likeness (QED) is 0.663. The molecule has 0 spiro atoms. The number of methoxy groups -OCH3 is 1. The second kappa shape index (κ2) is 7.84. The first-order chi connectivity index (χ1) is 14.0. The third-order valence-electron chi connectivity index (χ3n) is 4.53. The Kier molecular flexibility index (Phi) is 5.09. The fraction of sp³-hybridized carbons (Fsp3) is 0.143. The van der Waals surface area contributed by atoms with Crippen LogP contribution in [0.5, 0.6) is 0 Å². The lowest BCUT2D eigenvalue weighted by molar-refractivity contribution is 0.0252. The molecule has 2 heterocycles. The van der Waals surface area contributed by atoms with Crippen LogP contribution >= 0.6 is 11.3 Å². The van der Waals surface area contributed by atoms with Crippen LogP contribution in [0.25, 0.3) is 0 Å². The van der Waals surface area contributed by atoms with Crippen LogP contribution in [-0.2, 0) is 15.9 Å². The van der Waals surface area contributed by atoms with E-state index in [1.165, 1.54) is 13.3 Å². The van der Waals surface area contributed by atoms with E-state index >= 15 is 0 Å². The van der Waals surface area contributed by atoms with Crippen molar-refractivity contribution in [3.63, 3.8) is 0 Å². The number of carbonyl (C=O) groups excluding carboxylic acids is 3. The number of nitrogens with zero attached hydrogens (tertiary/aromatic N) is 1. The lowest BCUT2D eigenvalue weighted by Gasteiger charge is -2.25. The van der Waals surface area contributed by atoms with Crippen molar-refractivity contribution in [3.05, 3.63) is 81.9 Å². The first kappa shape index (κ1) is 18.8. The number of amides is 1. The summed E-state index contributed by atoms with van der Waals surface area (Å²) in [4.78, 5) is 40.8. The predicted octanol–water partition coefficient (Wildman–Crippen LogP) is 3.64. The lowest BCUT2D eigenvalue weighted by atomic mass is 9.93. The van der Waals surface area contributed by atoms with E-state index in [4.69, 9.17) is 4.74 Å². The fourth-order valence-electron chi connectivity index (χ4n) is 3.09. The van der Waals surface area contributed by atoms with Crippen molar-refractivity contribution in [1.29, 1.82) is 0 Å². The number of benzene rings is 2. The molecule has 0 saturated carbocycles. The number of rotatable bonds is 4. The Bertz CT molecular complexity index is 1090. The first-order valence-electron chi connectivity index (χ1n) is 8.79. The first-order valence-corrected chi connectivity index (χ1v) is 9.61. The van der Waals surface area contributed by atoms with Gasteiger partial charge < -0.3 is 9.47 Å². The summed E-state index contributed by atoms with van der Waals surface area (Å²) in [5.74, 6) is -1.30. The van der Waals surface area contributed by atoms with Gasteiger partial charge in [0.25, 0.3) is 5.91 Å². The molecule has 3 aromatic rings. The van der Waals surface area contributed by atoms with Crippen LogP contribution in [0, 0.1) is 0 Å². The van der Waals surface area contributed by atoms with Gasteiger partial charge in [0.15, 0.2) is 5.13 Å². The molecule has 29 heavy (non-hydrogen) atoms. The van der Waals surface area contributed by atoms with Gasteiger partial charge in [-0.3, -0.25) is 10.1 Å². The standard InChI is InChI=1S/C21H16N2O5S/c1-27-20(26)17-11-22-21(29-17)23-18(24)13-7-8-15-14(9-13)10-16(28-19(15)25)12-5-3-2-4-6-12/h2-9,11,16H,10H2,1H3,(H,22,23,24)/t16-/m1/s1. The summed E-state index contributed by atoms with van der Waals surface area (Å²) in [6, 6.07) is 14.3. The zero-order chi connectivity index (χ0) is 20.4. The number of ether oxygens (including phenoxy) is 2. The fourth-order valence-corrected chi connectivity index (χ4v) is 3.82. The molecule has 1 atom stereocenters. The van der Waals surface area contributed by atoms with Crippen LogP contribution < -0.4 is 5.32 Å². The molecule has 8 heteroatoms. The van der Waals surface area contributed by atoms with Crippen LogP contribution in [0.2, 0.25) is 0 Å². The molecule has 0 bridgehead atoms. The van der Waals surface area contributed by atoms with Crippen LogP contribution in [0.15, 0.2) is 54.7 Å². The summed E-state index contributed by atoms with van der Waals surface area (Å²) in [6.07, 6.45) is 1.44. The second-order valence-electron chi connectivity index (χ2n) is 6.36. The summed E-state index contributed by atoms with van der Waals surface area (Å²) in [6.45, 7) is 0. The largest absolute Gasteiger partial charge is 0.465 e. The highest BCUT2D eigenvalue weighted by molar-refractivity contribution is 7.17. The van der Waals surface area contributed by atoms with Gasteiger partial charge in [-0.25, -0.2) is 14.6 Å². The highest BCUT2D eigenvalue weighted by Gasteiger charge is 2.28. The molecule has 1 aliphatic heterocycles. The van der Waals surface area contributed by atoms with Gasteiger partial charge in [0.1, 0.15) is 11.0 Å². The molecule has 1 N–H and O–H groups in total. The Hall–Kier alpha value is -3.52. The molecule has 0 radical (unpaired) electrons. The molecule has 4 rings (SSSR count). The maximum Gasteiger partial charge on any atom is 0.349 e. The minimum atomic E-state index is -0.512. The number of hydrogen-bond donors (Lipinski definition) is 1. The lowest BCUT2D eigenvalue weighted by Crippen LogP contribution is -2.23. The summed E-state index contributed by atoms with van der Waals surface area (Å²) < 4.78 is 10.2. The van der Waals surface area contributed by atoms with Crippen molar-refractivity contribution in [2.75, 3.05) is 12.4 Å². The molecule has 1 aliphatic rings. The number of carbonyl (C=O) groups is 3. The average molecular weight is 408 g/mol. The summed E-state index contributed by atoms with van der Waals surface area (Å²) >= 11 is 1.02. The van der Waals surface area contributed by atoms with Gasteiger partial charge in [-0.2, -0.15) is 0 Å². The van der Waals surface area contributed by atoms with E-state index in [2.05, 4.69) is 15.0 Å².